The van der Waals surface area contributed by atoms with Crippen LogP contribution in [-0.2, 0) is 32.6 Å². The van der Waals surface area contributed by atoms with E-state index in [9.17, 15) is 18.0 Å². The van der Waals surface area contributed by atoms with Crippen LogP contribution in [-0.4, -0.2) is 56.6 Å². The van der Waals surface area contributed by atoms with E-state index in [1.54, 1.807) is 53.4 Å². The van der Waals surface area contributed by atoms with Crippen LogP contribution in [0.4, 0.5) is 5.69 Å². The Kier molecular flexibility index (Phi) is 13.0. The number of nitrogens with zero attached hydrogens (tertiary/aromatic N) is 2. The molecule has 1 saturated carbocycles. The number of sulfonamides is 1. The second kappa shape index (κ2) is 17.6. The van der Waals surface area contributed by atoms with Gasteiger partial charge in [-0.1, -0.05) is 91.6 Å². The number of para-hydroxylation sites is 2. The lowest BCUT2D eigenvalue weighted by atomic mass is 9.94. The van der Waals surface area contributed by atoms with Crippen LogP contribution in [0.1, 0.15) is 55.7 Å². The number of carbonyl (C=O) groups is 2. The number of hydrogen-bond acceptors (Lipinski definition) is 6. The van der Waals surface area contributed by atoms with Crippen molar-refractivity contribution in [2.24, 2.45) is 0 Å². The lowest BCUT2D eigenvalue weighted by Crippen LogP contribution is -2.55. The summed E-state index contributed by atoms with van der Waals surface area (Å²) in [7, 11) is -4.26. The normalized spacial score (nSPS) is 14.1. The number of amides is 2. The monoisotopic (exact) mass is 713 g/mol. The minimum atomic E-state index is -4.26. The summed E-state index contributed by atoms with van der Waals surface area (Å²) in [4.78, 5) is 31.7. The number of anilines is 1. The molecule has 0 aromatic heterocycles. The summed E-state index contributed by atoms with van der Waals surface area (Å²) in [5, 5.41) is 3.26. The molecule has 1 fully saturated rings. The van der Waals surface area contributed by atoms with Crippen LogP contribution in [0, 0.1) is 6.92 Å². The van der Waals surface area contributed by atoms with Crippen molar-refractivity contribution in [3.8, 4) is 5.75 Å². The minimum absolute atomic E-state index is 0.0325. The van der Waals surface area contributed by atoms with E-state index in [0.29, 0.717) is 12.4 Å². The summed E-state index contributed by atoms with van der Waals surface area (Å²) in [5.74, 6) is -0.396. The fourth-order valence-corrected chi connectivity index (χ4v) is 8.15. The molecule has 1 aliphatic carbocycles. The summed E-state index contributed by atoms with van der Waals surface area (Å²) in [6, 6.07) is 30.1. The highest BCUT2D eigenvalue weighted by molar-refractivity contribution is 7.98. The van der Waals surface area contributed by atoms with Gasteiger partial charge in [-0.25, -0.2) is 8.42 Å². The lowest BCUT2D eigenvalue weighted by molar-refractivity contribution is -0.140. The maximum absolute atomic E-state index is 14.9. The van der Waals surface area contributed by atoms with Gasteiger partial charge in [0.1, 0.15) is 18.3 Å². The molecule has 1 atom stereocenters. The third-order valence-corrected chi connectivity index (χ3v) is 11.6. The van der Waals surface area contributed by atoms with Gasteiger partial charge >= 0.3 is 0 Å². The molecule has 1 N–H and O–H groups in total. The van der Waals surface area contributed by atoms with E-state index < -0.39 is 28.5 Å². The Morgan fingerprint density at radius 3 is 2.18 bits per heavy atom. The summed E-state index contributed by atoms with van der Waals surface area (Å²) < 4.78 is 36.0. The van der Waals surface area contributed by atoms with E-state index in [1.807, 2.05) is 74.7 Å². The first-order chi connectivity index (χ1) is 24.2. The molecule has 0 aliphatic heterocycles. The summed E-state index contributed by atoms with van der Waals surface area (Å²) >= 11 is 1.51. The zero-order chi connectivity index (χ0) is 35.5. The van der Waals surface area contributed by atoms with Crippen LogP contribution in [0.15, 0.2) is 113 Å². The molecule has 0 saturated heterocycles. The van der Waals surface area contributed by atoms with Crippen molar-refractivity contribution >= 4 is 39.3 Å². The van der Waals surface area contributed by atoms with Crippen molar-refractivity contribution < 1.29 is 22.7 Å². The topological polar surface area (TPSA) is 96.0 Å². The molecule has 0 bridgehead atoms. The summed E-state index contributed by atoms with van der Waals surface area (Å²) in [6.07, 6.45) is 7.22. The van der Waals surface area contributed by atoms with Gasteiger partial charge in [-0.3, -0.25) is 13.9 Å². The zero-order valence-corrected chi connectivity index (χ0v) is 30.7. The molecule has 8 nitrogen and oxygen atoms in total. The minimum Gasteiger partial charge on any atom is -0.492 e. The maximum Gasteiger partial charge on any atom is 0.264 e. The molecule has 2 amide bonds. The molecule has 10 heteroatoms. The van der Waals surface area contributed by atoms with Gasteiger partial charge in [0.05, 0.1) is 17.2 Å². The largest absolute Gasteiger partial charge is 0.492 e. The molecular formula is C40H47N3O5S2. The number of rotatable bonds is 15. The van der Waals surface area contributed by atoms with Gasteiger partial charge in [0, 0.05) is 23.9 Å². The van der Waals surface area contributed by atoms with E-state index in [2.05, 4.69) is 5.32 Å². The van der Waals surface area contributed by atoms with Crippen molar-refractivity contribution in [3.63, 3.8) is 0 Å². The third kappa shape index (κ3) is 9.48. The van der Waals surface area contributed by atoms with Gasteiger partial charge in [0.25, 0.3) is 10.0 Å². The molecule has 4 aromatic rings. The number of hydrogen-bond donors (Lipinski definition) is 1. The number of ether oxygens (including phenoxy) is 1. The van der Waals surface area contributed by atoms with Crippen molar-refractivity contribution in [2.45, 2.75) is 80.8 Å². The predicted octanol–water partition coefficient (Wildman–Crippen LogP) is 7.40. The average Bonchev–Trinajstić information content (AvgIpc) is 3.14. The Morgan fingerprint density at radius 2 is 1.52 bits per heavy atom. The highest BCUT2D eigenvalue weighted by atomic mass is 32.2. The van der Waals surface area contributed by atoms with Gasteiger partial charge in [0.15, 0.2) is 0 Å². The second-order valence-electron chi connectivity index (χ2n) is 12.6. The first kappa shape index (κ1) is 37.0. The summed E-state index contributed by atoms with van der Waals surface area (Å²) in [6.45, 7) is 3.71. The van der Waals surface area contributed by atoms with Gasteiger partial charge in [-0.2, -0.15) is 0 Å². The number of aryl methyl sites for hydroxylation is 1. The average molecular weight is 714 g/mol. The highest BCUT2D eigenvalue weighted by Gasteiger charge is 2.36. The maximum atomic E-state index is 14.9. The Balaban J connectivity index is 1.59. The fourth-order valence-electron chi connectivity index (χ4n) is 6.32. The van der Waals surface area contributed by atoms with Crippen LogP contribution >= 0.6 is 11.8 Å². The van der Waals surface area contributed by atoms with Crippen LogP contribution < -0.4 is 14.4 Å². The Labute approximate surface area is 301 Å². The van der Waals surface area contributed by atoms with E-state index in [1.165, 1.54) is 11.8 Å². The molecular weight excluding hydrogens is 667 g/mol. The predicted molar refractivity (Wildman–Crippen MR) is 201 cm³/mol. The van der Waals surface area contributed by atoms with E-state index >= 15 is 0 Å². The van der Waals surface area contributed by atoms with E-state index in [0.717, 1.165) is 58.0 Å². The van der Waals surface area contributed by atoms with Crippen LogP contribution in [0.2, 0.25) is 0 Å². The number of benzene rings is 4. The number of nitrogens with one attached hydrogen (secondary N) is 1. The van der Waals surface area contributed by atoms with Crippen molar-refractivity contribution in [3.05, 3.63) is 120 Å². The number of thioether (sulfide) groups is 1. The standard InChI is InChI=1S/C40H47N3O5S2/c1-4-48-38-18-12-11-17-36(38)43(50(46,47)35-25-23-34(49-3)24-26-35)29-39(44)42(28-32-21-19-30(2)20-22-32)37(27-31-13-7-5-8-14-31)40(45)41-33-15-9-6-10-16-33/h5,7-8,11-14,17-26,33,37H,4,6,9-10,15-16,27-29H2,1-3H3,(H,41,45). The van der Waals surface area contributed by atoms with Crippen molar-refractivity contribution in [2.75, 3.05) is 23.7 Å². The summed E-state index contributed by atoms with van der Waals surface area (Å²) in [5.41, 5.74) is 3.06. The van der Waals surface area contributed by atoms with E-state index in [4.69, 9.17) is 4.74 Å². The van der Waals surface area contributed by atoms with Crippen LogP contribution in [0.5, 0.6) is 5.75 Å². The zero-order valence-electron chi connectivity index (χ0n) is 29.1. The quantitative estimate of drug-likeness (QED) is 0.129. The molecule has 4 aromatic carbocycles. The van der Waals surface area contributed by atoms with Gasteiger partial charge < -0.3 is 15.0 Å². The molecule has 50 heavy (non-hydrogen) atoms. The Hall–Kier alpha value is -4.28. The van der Waals surface area contributed by atoms with Crippen LogP contribution in [0.25, 0.3) is 0 Å². The van der Waals surface area contributed by atoms with E-state index in [-0.39, 0.29) is 35.5 Å². The van der Waals surface area contributed by atoms with Crippen molar-refractivity contribution in [1.29, 1.82) is 0 Å². The molecule has 0 spiro atoms. The second-order valence-corrected chi connectivity index (χ2v) is 15.4. The first-order valence-corrected chi connectivity index (χ1v) is 19.9. The fraction of sp³-hybridized carbons (Fsp3) is 0.350. The molecule has 264 valence electrons. The van der Waals surface area contributed by atoms with Gasteiger partial charge in [0.2, 0.25) is 11.8 Å². The highest BCUT2D eigenvalue weighted by Crippen LogP contribution is 2.33. The lowest BCUT2D eigenvalue weighted by Gasteiger charge is -2.35. The first-order valence-electron chi connectivity index (χ1n) is 17.3. The third-order valence-electron chi connectivity index (χ3n) is 9.06. The molecule has 1 unspecified atom stereocenters. The van der Waals surface area contributed by atoms with Gasteiger partial charge in [-0.15, -0.1) is 11.8 Å². The van der Waals surface area contributed by atoms with Crippen molar-refractivity contribution in [1.82, 2.24) is 10.2 Å². The van der Waals surface area contributed by atoms with Crippen LogP contribution in [0.3, 0.4) is 0 Å². The molecule has 0 radical (unpaired) electrons. The Bertz CT molecular complexity index is 1810. The number of carbonyl (C=O) groups excluding carboxylic acids is 2. The SMILES string of the molecule is CCOc1ccccc1N(CC(=O)N(Cc1ccc(C)cc1)C(Cc1ccccc1)C(=O)NC1CCCCC1)S(=O)(=O)c1ccc(SC)cc1. The Morgan fingerprint density at radius 1 is 0.860 bits per heavy atom. The van der Waals surface area contributed by atoms with Gasteiger partial charge in [-0.05, 0) is 80.5 Å². The molecule has 0 heterocycles. The molecule has 1 aliphatic rings. The molecule has 5 rings (SSSR count). The smallest absolute Gasteiger partial charge is 0.264 e.